The lowest BCUT2D eigenvalue weighted by Gasteiger charge is -2.13. The number of hydrogen-bond donors (Lipinski definition) is 0. The van der Waals surface area contributed by atoms with Crippen molar-refractivity contribution in [1.82, 2.24) is 4.98 Å². The van der Waals surface area contributed by atoms with Gasteiger partial charge in [0.25, 0.3) is 0 Å². The highest BCUT2D eigenvalue weighted by atomic mass is 14.7. The van der Waals surface area contributed by atoms with Crippen molar-refractivity contribution in [2.24, 2.45) is 0 Å². The maximum atomic E-state index is 4.56. The van der Waals surface area contributed by atoms with Crippen LogP contribution in [0, 0.1) is 0 Å². The molecular formula is C16H17N. The maximum absolute atomic E-state index is 4.56. The molecule has 2 aromatic rings. The summed E-state index contributed by atoms with van der Waals surface area (Å²) in [6.45, 7) is 0. The molecule has 1 heteroatoms. The molecule has 0 amide bonds. The van der Waals surface area contributed by atoms with Crippen molar-refractivity contribution in [3.8, 4) is 0 Å². The SMILES string of the molecule is C1=C(Cc2nccc3ccccc23)CCCC1. The van der Waals surface area contributed by atoms with E-state index < -0.39 is 0 Å². The number of benzene rings is 1. The molecule has 1 aromatic carbocycles. The van der Waals surface area contributed by atoms with E-state index in [2.05, 4.69) is 41.4 Å². The number of aromatic nitrogens is 1. The Morgan fingerprint density at radius 2 is 2.00 bits per heavy atom. The first-order valence-electron chi connectivity index (χ1n) is 6.44. The van der Waals surface area contributed by atoms with Crippen LogP contribution in [0.25, 0.3) is 10.8 Å². The van der Waals surface area contributed by atoms with Crippen molar-refractivity contribution >= 4 is 10.8 Å². The van der Waals surface area contributed by atoms with Crippen LogP contribution >= 0.6 is 0 Å². The van der Waals surface area contributed by atoms with Gasteiger partial charge in [-0.3, -0.25) is 4.98 Å². The summed E-state index contributed by atoms with van der Waals surface area (Å²) in [5.41, 5.74) is 2.80. The molecular weight excluding hydrogens is 206 g/mol. The van der Waals surface area contributed by atoms with E-state index in [-0.39, 0.29) is 0 Å². The first-order chi connectivity index (χ1) is 8.43. The molecule has 0 unspecified atom stereocenters. The summed E-state index contributed by atoms with van der Waals surface area (Å²) < 4.78 is 0. The van der Waals surface area contributed by atoms with Crippen LogP contribution in [0.3, 0.4) is 0 Å². The molecule has 0 atom stereocenters. The molecule has 86 valence electrons. The van der Waals surface area contributed by atoms with Crippen molar-refractivity contribution < 1.29 is 0 Å². The number of fused-ring (bicyclic) bond motifs is 1. The molecule has 17 heavy (non-hydrogen) atoms. The lowest BCUT2D eigenvalue weighted by atomic mass is 9.94. The van der Waals surface area contributed by atoms with Crippen molar-refractivity contribution in [2.45, 2.75) is 32.1 Å². The maximum Gasteiger partial charge on any atom is 0.0522 e. The molecule has 0 spiro atoms. The highest BCUT2D eigenvalue weighted by molar-refractivity contribution is 5.84. The summed E-state index contributed by atoms with van der Waals surface area (Å²) in [6, 6.07) is 10.6. The topological polar surface area (TPSA) is 12.9 Å². The first-order valence-corrected chi connectivity index (χ1v) is 6.44. The Morgan fingerprint density at radius 1 is 1.06 bits per heavy atom. The second kappa shape index (κ2) is 4.70. The second-order valence-corrected chi connectivity index (χ2v) is 4.76. The van der Waals surface area contributed by atoms with Gasteiger partial charge < -0.3 is 0 Å². The normalized spacial score (nSPS) is 15.9. The lowest BCUT2D eigenvalue weighted by Crippen LogP contribution is -1.98. The molecule has 1 aliphatic carbocycles. The molecule has 0 N–H and O–H groups in total. The van der Waals surface area contributed by atoms with Crippen molar-refractivity contribution in [3.63, 3.8) is 0 Å². The van der Waals surface area contributed by atoms with E-state index in [1.165, 1.54) is 42.1 Å². The summed E-state index contributed by atoms with van der Waals surface area (Å²) in [5.74, 6) is 0. The zero-order valence-electron chi connectivity index (χ0n) is 10.0. The van der Waals surface area contributed by atoms with E-state index in [1.807, 2.05) is 6.20 Å². The van der Waals surface area contributed by atoms with Crippen molar-refractivity contribution in [3.05, 3.63) is 53.9 Å². The lowest BCUT2D eigenvalue weighted by molar-refractivity contribution is 0.687. The minimum Gasteiger partial charge on any atom is -0.260 e. The van der Waals surface area contributed by atoms with Gasteiger partial charge >= 0.3 is 0 Å². The minimum absolute atomic E-state index is 1.03. The zero-order valence-corrected chi connectivity index (χ0v) is 10.0. The standard InChI is InChI=1S/C16H17N/c1-2-6-13(7-3-1)12-16-15-9-5-4-8-14(15)10-11-17-16/h4-6,8-11H,1-3,7,12H2. The van der Waals surface area contributed by atoms with Gasteiger partial charge in [-0.1, -0.05) is 35.9 Å². The fraction of sp³-hybridized carbons (Fsp3) is 0.312. The Hall–Kier alpha value is -1.63. The molecule has 1 heterocycles. The molecule has 0 radical (unpaired) electrons. The summed E-state index contributed by atoms with van der Waals surface area (Å²) in [7, 11) is 0. The molecule has 0 saturated heterocycles. The smallest absolute Gasteiger partial charge is 0.0522 e. The van der Waals surface area contributed by atoms with Crippen LogP contribution in [0.1, 0.15) is 31.4 Å². The van der Waals surface area contributed by atoms with Crippen LogP contribution in [-0.4, -0.2) is 4.98 Å². The Bertz CT molecular complexity index is 549. The third-order valence-corrected chi connectivity index (χ3v) is 3.54. The zero-order chi connectivity index (χ0) is 11.5. The van der Waals surface area contributed by atoms with E-state index in [9.17, 15) is 0 Å². The largest absolute Gasteiger partial charge is 0.260 e. The summed E-state index contributed by atoms with van der Waals surface area (Å²) in [5, 5.41) is 2.61. The molecule has 0 bridgehead atoms. The highest BCUT2D eigenvalue weighted by Gasteiger charge is 2.07. The molecule has 1 aliphatic rings. The minimum atomic E-state index is 1.03. The van der Waals surface area contributed by atoms with E-state index in [0.29, 0.717) is 0 Å². The fourth-order valence-corrected chi connectivity index (χ4v) is 2.60. The third kappa shape index (κ3) is 2.23. The number of nitrogens with zero attached hydrogens (tertiary/aromatic N) is 1. The molecule has 1 aromatic heterocycles. The van der Waals surface area contributed by atoms with E-state index >= 15 is 0 Å². The monoisotopic (exact) mass is 223 g/mol. The predicted molar refractivity (Wildman–Crippen MR) is 72.0 cm³/mol. The Kier molecular flexibility index (Phi) is 2.91. The van der Waals surface area contributed by atoms with E-state index in [1.54, 1.807) is 5.57 Å². The predicted octanol–water partition coefficient (Wildman–Crippen LogP) is 4.28. The average molecular weight is 223 g/mol. The number of rotatable bonds is 2. The fourth-order valence-electron chi connectivity index (χ4n) is 2.60. The molecule has 3 rings (SSSR count). The molecule has 1 nitrogen and oxygen atoms in total. The Balaban J connectivity index is 1.97. The van der Waals surface area contributed by atoms with Gasteiger partial charge in [0.15, 0.2) is 0 Å². The van der Waals surface area contributed by atoms with Gasteiger partial charge in [-0.2, -0.15) is 0 Å². The van der Waals surface area contributed by atoms with Crippen LogP contribution in [-0.2, 0) is 6.42 Å². The molecule has 0 fully saturated rings. The van der Waals surface area contributed by atoms with Crippen LogP contribution < -0.4 is 0 Å². The Labute approximate surface area is 102 Å². The van der Waals surface area contributed by atoms with Crippen LogP contribution in [0.2, 0.25) is 0 Å². The Morgan fingerprint density at radius 3 is 2.88 bits per heavy atom. The van der Waals surface area contributed by atoms with E-state index in [4.69, 9.17) is 0 Å². The van der Waals surface area contributed by atoms with Gasteiger partial charge in [-0.25, -0.2) is 0 Å². The molecule has 0 aliphatic heterocycles. The number of allylic oxidation sites excluding steroid dienone is 2. The van der Waals surface area contributed by atoms with Gasteiger partial charge in [0.1, 0.15) is 0 Å². The quantitative estimate of drug-likeness (QED) is 0.692. The third-order valence-electron chi connectivity index (χ3n) is 3.54. The number of pyridine rings is 1. The van der Waals surface area contributed by atoms with Crippen molar-refractivity contribution in [1.29, 1.82) is 0 Å². The van der Waals surface area contributed by atoms with Crippen LogP contribution in [0.15, 0.2) is 48.2 Å². The summed E-state index contributed by atoms with van der Waals surface area (Å²) >= 11 is 0. The van der Waals surface area contributed by atoms with Gasteiger partial charge in [-0.15, -0.1) is 0 Å². The summed E-state index contributed by atoms with van der Waals surface area (Å²) in [6.07, 6.45) is 10.6. The van der Waals surface area contributed by atoms with E-state index in [0.717, 1.165) is 6.42 Å². The van der Waals surface area contributed by atoms with Gasteiger partial charge in [0.2, 0.25) is 0 Å². The van der Waals surface area contributed by atoms with Gasteiger partial charge in [-0.05, 0) is 37.1 Å². The second-order valence-electron chi connectivity index (χ2n) is 4.76. The first kappa shape index (κ1) is 10.5. The van der Waals surface area contributed by atoms with Crippen LogP contribution in [0.4, 0.5) is 0 Å². The molecule has 0 saturated carbocycles. The van der Waals surface area contributed by atoms with Gasteiger partial charge in [0.05, 0.1) is 5.69 Å². The average Bonchev–Trinajstić information content (AvgIpc) is 2.40. The highest BCUT2D eigenvalue weighted by Crippen LogP contribution is 2.24. The van der Waals surface area contributed by atoms with Crippen LogP contribution in [0.5, 0.6) is 0 Å². The summed E-state index contributed by atoms with van der Waals surface area (Å²) in [4.78, 5) is 4.56. The number of hydrogen-bond acceptors (Lipinski definition) is 1. The van der Waals surface area contributed by atoms with Crippen molar-refractivity contribution in [2.75, 3.05) is 0 Å². The van der Waals surface area contributed by atoms with Gasteiger partial charge in [0, 0.05) is 18.0 Å².